The zero-order chi connectivity index (χ0) is 27.8. The van der Waals surface area contributed by atoms with Crippen molar-refractivity contribution < 1.29 is 28.7 Å². The van der Waals surface area contributed by atoms with Gasteiger partial charge in [0.1, 0.15) is 18.1 Å². The number of aryl methyl sites for hydroxylation is 1. The van der Waals surface area contributed by atoms with Crippen LogP contribution in [0, 0.1) is 12.8 Å². The fourth-order valence-electron chi connectivity index (χ4n) is 4.92. The average Bonchev–Trinajstić information content (AvgIpc) is 2.96. The molecule has 2 aliphatic rings. The Balaban J connectivity index is 1.37. The topological polar surface area (TPSA) is 117 Å². The number of hydrogen-bond donors (Lipinski definition) is 2. The summed E-state index contributed by atoms with van der Waals surface area (Å²) in [6, 6.07) is 12.5. The van der Waals surface area contributed by atoms with Gasteiger partial charge in [-0.05, 0) is 49.9 Å². The molecular formula is C29H36N4O6. The molecule has 0 atom stereocenters. The molecule has 0 spiro atoms. The number of rotatable bonds is 3. The molecule has 2 heterocycles. The van der Waals surface area contributed by atoms with Gasteiger partial charge in [0.05, 0.1) is 25.8 Å². The van der Waals surface area contributed by atoms with E-state index in [0.717, 1.165) is 5.56 Å². The molecule has 39 heavy (non-hydrogen) atoms. The van der Waals surface area contributed by atoms with Gasteiger partial charge in [0.25, 0.3) is 11.8 Å². The minimum atomic E-state index is -0.280. The van der Waals surface area contributed by atoms with Crippen LogP contribution in [-0.4, -0.2) is 86.4 Å². The Morgan fingerprint density at radius 1 is 0.974 bits per heavy atom. The van der Waals surface area contributed by atoms with Gasteiger partial charge in [0.2, 0.25) is 11.8 Å². The molecule has 2 aliphatic heterocycles. The first kappa shape index (κ1) is 27.9. The molecule has 0 radical (unpaired) electrons. The van der Waals surface area contributed by atoms with Crippen LogP contribution in [0.2, 0.25) is 0 Å². The largest absolute Gasteiger partial charge is 0.497 e. The minimum absolute atomic E-state index is 0.0188. The van der Waals surface area contributed by atoms with Gasteiger partial charge in [-0.15, -0.1) is 0 Å². The number of carbonyl (C=O) groups is 4. The van der Waals surface area contributed by atoms with Crippen molar-refractivity contribution in [3.63, 3.8) is 0 Å². The molecule has 2 aromatic carbocycles. The maximum absolute atomic E-state index is 13.4. The normalized spacial score (nSPS) is 17.7. The smallest absolute Gasteiger partial charge is 0.255 e. The first-order chi connectivity index (χ1) is 18.9. The molecule has 10 heteroatoms. The number of likely N-dealkylation sites (tertiary alicyclic amines) is 1. The van der Waals surface area contributed by atoms with E-state index in [1.165, 1.54) is 7.11 Å². The molecule has 1 fully saturated rings. The lowest BCUT2D eigenvalue weighted by molar-refractivity contribution is -0.140. The van der Waals surface area contributed by atoms with Gasteiger partial charge in [0.15, 0.2) is 0 Å². The molecule has 208 valence electrons. The van der Waals surface area contributed by atoms with Crippen LogP contribution < -0.4 is 20.1 Å². The number of fused-ring (bicyclic) bond motifs is 1. The van der Waals surface area contributed by atoms with E-state index in [4.69, 9.17) is 9.47 Å². The molecular weight excluding hydrogens is 500 g/mol. The predicted molar refractivity (Wildman–Crippen MR) is 145 cm³/mol. The third-order valence-electron chi connectivity index (χ3n) is 7.16. The molecule has 4 rings (SSSR count). The van der Waals surface area contributed by atoms with Crippen LogP contribution in [0.1, 0.15) is 45.5 Å². The Labute approximate surface area is 228 Å². The van der Waals surface area contributed by atoms with Crippen molar-refractivity contribution in [2.45, 2.75) is 26.2 Å². The van der Waals surface area contributed by atoms with Crippen molar-refractivity contribution in [3.05, 3.63) is 59.2 Å². The van der Waals surface area contributed by atoms with Crippen molar-refractivity contribution in [1.82, 2.24) is 20.4 Å². The lowest BCUT2D eigenvalue weighted by atomic mass is 9.94. The highest BCUT2D eigenvalue weighted by molar-refractivity contribution is 5.97. The first-order valence-corrected chi connectivity index (χ1v) is 13.4. The Bertz CT molecular complexity index is 1210. The third-order valence-corrected chi connectivity index (χ3v) is 7.16. The van der Waals surface area contributed by atoms with Crippen LogP contribution in [0.3, 0.4) is 0 Å². The zero-order valence-electron chi connectivity index (χ0n) is 22.5. The van der Waals surface area contributed by atoms with Crippen LogP contribution in [0.4, 0.5) is 0 Å². The lowest BCUT2D eigenvalue weighted by Gasteiger charge is -2.34. The van der Waals surface area contributed by atoms with Gasteiger partial charge in [-0.3, -0.25) is 19.2 Å². The van der Waals surface area contributed by atoms with Crippen molar-refractivity contribution in [2.24, 2.45) is 5.92 Å². The summed E-state index contributed by atoms with van der Waals surface area (Å²) in [5.74, 6) is 0.00382. The number of carbonyl (C=O) groups excluding carboxylic acids is 4. The fourth-order valence-corrected chi connectivity index (χ4v) is 4.92. The molecule has 0 saturated carbocycles. The quantitative estimate of drug-likeness (QED) is 0.620. The van der Waals surface area contributed by atoms with Crippen LogP contribution in [0.25, 0.3) is 0 Å². The maximum Gasteiger partial charge on any atom is 0.255 e. The van der Waals surface area contributed by atoms with Crippen LogP contribution >= 0.6 is 0 Å². The fraction of sp³-hybridized carbons (Fsp3) is 0.448. The third kappa shape index (κ3) is 7.07. The molecule has 0 aliphatic carbocycles. The summed E-state index contributed by atoms with van der Waals surface area (Å²) in [5, 5.41) is 5.67. The molecule has 2 N–H and O–H groups in total. The van der Waals surface area contributed by atoms with Crippen LogP contribution in [0.5, 0.6) is 11.5 Å². The maximum atomic E-state index is 13.4. The number of methoxy groups -OCH3 is 1. The van der Waals surface area contributed by atoms with Crippen molar-refractivity contribution >= 4 is 23.6 Å². The predicted octanol–water partition coefficient (Wildman–Crippen LogP) is 2.01. The van der Waals surface area contributed by atoms with Crippen molar-refractivity contribution in [3.8, 4) is 11.5 Å². The summed E-state index contributed by atoms with van der Waals surface area (Å²) in [7, 11) is 1.53. The number of nitrogens with zero attached hydrogens (tertiary/aromatic N) is 2. The number of ether oxygens (including phenoxy) is 2. The van der Waals surface area contributed by atoms with Crippen molar-refractivity contribution in [2.75, 3.05) is 53.0 Å². The Hall–Kier alpha value is -4.08. The van der Waals surface area contributed by atoms with Crippen LogP contribution in [0.15, 0.2) is 42.5 Å². The number of amides is 4. The molecule has 2 aromatic rings. The van der Waals surface area contributed by atoms with Crippen LogP contribution in [-0.2, 0) is 9.59 Å². The van der Waals surface area contributed by atoms with E-state index >= 15 is 0 Å². The molecule has 10 nitrogen and oxygen atoms in total. The molecule has 0 bridgehead atoms. The first-order valence-electron chi connectivity index (χ1n) is 13.4. The summed E-state index contributed by atoms with van der Waals surface area (Å²) in [4.78, 5) is 55.2. The highest BCUT2D eigenvalue weighted by Gasteiger charge is 2.31. The van der Waals surface area contributed by atoms with E-state index in [1.54, 1.807) is 28.0 Å². The summed E-state index contributed by atoms with van der Waals surface area (Å²) < 4.78 is 11.0. The highest BCUT2D eigenvalue weighted by atomic mass is 16.5. The Morgan fingerprint density at radius 3 is 2.49 bits per heavy atom. The standard InChI is InChI=1S/C29H36N4O6/c1-20-6-3-4-7-23(20)29(37)32-15-10-21(11-16-32)28(36)33-14-5-12-31-27(35)24-9-8-22(38-2)18-25(24)39-17-13-30-26(34)19-33/h3-4,6-9,18,21H,5,10-17,19H2,1-2H3,(H,30,34)(H,31,35). The molecule has 4 amide bonds. The summed E-state index contributed by atoms with van der Waals surface area (Å²) in [6.07, 6.45) is 1.57. The summed E-state index contributed by atoms with van der Waals surface area (Å²) >= 11 is 0. The lowest BCUT2D eigenvalue weighted by Crippen LogP contribution is -2.48. The van der Waals surface area contributed by atoms with Gasteiger partial charge < -0.3 is 29.9 Å². The summed E-state index contributed by atoms with van der Waals surface area (Å²) in [6.45, 7) is 3.86. The monoisotopic (exact) mass is 536 g/mol. The average molecular weight is 537 g/mol. The molecule has 1 saturated heterocycles. The van der Waals surface area contributed by atoms with E-state index in [9.17, 15) is 19.2 Å². The van der Waals surface area contributed by atoms with E-state index in [2.05, 4.69) is 10.6 Å². The number of piperidine rings is 1. The second-order valence-electron chi connectivity index (χ2n) is 9.81. The summed E-state index contributed by atoms with van der Waals surface area (Å²) in [5.41, 5.74) is 1.99. The molecule has 0 aromatic heterocycles. The Morgan fingerprint density at radius 2 is 1.74 bits per heavy atom. The molecule has 0 unspecified atom stereocenters. The minimum Gasteiger partial charge on any atom is -0.497 e. The van der Waals surface area contributed by atoms with E-state index in [0.29, 0.717) is 68.1 Å². The Kier molecular flexibility index (Phi) is 9.40. The van der Waals surface area contributed by atoms with E-state index in [1.807, 2.05) is 31.2 Å². The number of benzene rings is 2. The number of nitrogens with one attached hydrogen (secondary N) is 2. The number of hydrogen-bond acceptors (Lipinski definition) is 6. The second-order valence-corrected chi connectivity index (χ2v) is 9.81. The SMILES string of the molecule is COc1ccc2c(c1)OCCNC(=O)CN(C(=O)C1CCN(C(=O)c3ccccc3C)CC1)CCCNC2=O. The van der Waals surface area contributed by atoms with Gasteiger partial charge in [-0.25, -0.2) is 0 Å². The second kappa shape index (κ2) is 13.1. The van der Waals surface area contributed by atoms with E-state index < -0.39 is 0 Å². The van der Waals surface area contributed by atoms with Crippen molar-refractivity contribution in [1.29, 1.82) is 0 Å². The highest BCUT2D eigenvalue weighted by Crippen LogP contribution is 2.25. The van der Waals surface area contributed by atoms with Gasteiger partial charge in [0, 0.05) is 43.7 Å². The van der Waals surface area contributed by atoms with Gasteiger partial charge >= 0.3 is 0 Å². The van der Waals surface area contributed by atoms with Gasteiger partial charge in [-0.2, -0.15) is 0 Å². The van der Waals surface area contributed by atoms with E-state index in [-0.39, 0.29) is 49.2 Å². The zero-order valence-corrected chi connectivity index (χ0v) is 22.5. The van der Waals surface area contributed by atoms with Gasteiger partial charge in [-0.1, -0.05) is 18.2 Å².